The zero-order valence-corrected chi connectivity index (χ0v) is 7.87. The topological polar surface area (TPSA) is 57.7 Å². The number of hydrogen-bond donors (Lipinski definition) is 1. The second kappa shape index (κ2) is 2.69. The van der Waals surface area contributed by atoms with Crippen molar-refractivity contribution in [1.82, 2.24) is 20.2 Å². The Morgan fingerprint density at radius 1 is 1.31 bits per heavy atom. The minimum absolute atomic E-state index is 0.719. The molecule has 0 aliphatic heterocycles. The van der Waals surface area contributed by atoms with Crippen LogP contribution in [0.25, 0.3) is 11.0 Å². The Balaban J connectivity index is 2.80. The van der Waals surface area contributed by atoms with E-state index >= 15 is 0 Å². The fourth-order valence-electron chi connectivity index (χ4n) is 1.32. The predicted octanol–water partition coefficient (Wildman–Crippen LogP) is 0.727. The molecule has 5 heteroatoms. The van der Waals surface area contributed by atoms with Crippen molar-refractivity contribution in [2.45, 2.75) is 6.92 Å². The van der Waals surface area contributed by atoms with Crippen LogP contribution in [-0.2, 0) is 0 Å². The highest BCUT2D eigenvalue weighted by Gasteiger charge is 2.10. The van der Waals surface area contributed by atoms with Crippen molar-refractivity contribution < 1.29 is 0 Å². The zero-order chi connectivity index (χ0) is 9.42. The maximum Gasteiger partial charge on any atom is 0.186 e. The molecule has 0 aliphatic carbocycles. The lowest BCUT2D eigenvalue weighted by atomic mass is 10.3. The molecule has 0 spiro atoms. The fourth-order valence-corrected chi connectivity index (χ4v) is 1.32. The molecule has 13 heavy (non-hydrogen) atoms. The minimum atomic E-state index is 0.719. The number of nitrogens with one attached hydrogen (secondary N) is 1. The number of hydrogen-bond acceptors (Lipinski definition) is 4. The third kappa shape index (κ3) is 1.12. The van der Waals surface area contributed by atoms with E-state index in [4.69, 9.17) is 0 Å². The molecule has 0 radical (unpaired) electrons. The molecule has 5 nitrogen and oxygen atoms in total. The van der Waals surface area contributed by atoms with E-state index in [1.165, 1.54) is 6.33 Å². The lowest BCUT2D eigenvalue weighted by Crippen LogP contribution is -2.11. The molecule has 0 amide bonds. The van der Waals surface area contributed by atoms with E-state index in [-0.39, 0.29) is 0 Å². The number of aryl methyl sites for hydroxylation is 1. The molecule has 0 aliphatic rings. The minimum Gasteiger partial charge on any atom is -0.362 e. The molecule has 0 unspecified atom stereocenters. The Morgan fingerprint density at radius 2 is 2.08 bits per heavy atom. The largest absolute Gasteiger partial charge is 0.362 e. The van der Waals surface area contributed by atoms with E-state index in [9.17, 15) is 0 Å². The zero-order valence-electron chi connectivity index (χ0n) is 7.87. The van der Waals surface area contributed by atoms with E-state index in [0.29, 0.717) is 0 Å². The molecule has 0 fully saturated rings. The maximum atomic E-state index is 4.19. The van der Waals surface area contributed by atoms with Crippen molar-refractivity contribution in [1.29, 1.82) is 0 Å². The Labute approximate surface area is 75.8 Å². The van der Waals surface area contributed by atoms with Gasteiger partial charge in [-0.15, -0.1) is 0 Å². The van der Waals surface area contributed by atoms with Crippen LogP contribution >= 0.6 is 0 Å². The van der Waals surface area contributed by atoms with Gasteiger partial charge in [0.05, 0.1) is 5.39 Å². The first-order valence-electron chi connectivity index (χ1n) is 4.03. The number of aromatic nitrogens is 4. The second-order valence-corrected chi connectivity index (χ2v) is 3.14. The predicted molar refractivity (Wildman–Crippen MR) is 50.7 cm³/mol. The lowest BCUT2D eigenvalue weighted by molar-refractivity contribution is 1.05. The summed E-state index contributed by atoms with van der Waals surface area (Å²) in [5.74, 6) is 0.899. The quantitative estimate of drug-likeness (QED) is 0.697. The number of anilines is 1. The molecular weight excluding hydrogens is 166 g/mol. The molecule has 0 saturated carbocycles. The van der Waals surface area contributed by atoms with Crippen LogP contribution in [-0.4, -0.2) is 34.3 Å². The van der Waals surface area contributed by atoms with Crippen molar-refractivity contribution in [3.05, 3.63) is 12.0 Å². The van der Waals surface area contributed by atoms with Gasteiger partial charge in [0.1, 0.15) is 12.1 Å². The SMILES string of the molecule is Cc1[nH]nc2ncnc(N(C)C)c12. The smallest absolute Gasteiger partial charge is 0.186 e. The summed E-state index contributed by atoms with van der Waals surface area (Å²) in [7, 11) is 3.91. The van der Waals surface area contributed by atoms with Gasteiger partial charge in [-0.1, -0.05) is 0 Å². The first-order valence-corrected chi connectivity index (χ1v) is 4.03. The van der Waals surface area contributed by atoms with Gasteiger partial charge < -0.3 is 4.90 Å². The van der Waals surface area contributed by atoms with Crippen molar-refractivity contribution in [3.8, 4) is 0 Å². The van der Waals surface area contributed by atoms with Gasteiger partial charge in [0.25, 0.3) is 0 Å². The van der Waals surface area contributed by atoms with E-state index in [0.717, 1.165) is 22.5 Å². The van der Waals surface area contributed by atoms with Gasteiger partial charge in [0.2, 0.25) is 0 Å². The summed E-state index contributed by atoms with van der Waals surface area (Å²) in [6.07, 6.45) is 1.53. The molecular formula is C8H11N5. The normalized spacial score (nSPS) is 10.7. The van der Waals surface area contributed by atoms with Crippen molar-refractivity contribution >= 4 is 16.9 Å². The summed E-state index contributed by atoms with van der Waals surface area (Å²) in [6.45, 7) is 1.96. The number of H-pyrrole nitrogens is 1. The van der Waals surface area contributed by atoms with Crippen LogP contribution < -0.4 is 4.90 Å². The molecule has 1 N–H and O–H groups in total. The average molecular weight is 177 g/mol. The highest BCUT2D eigenvalue weighted by molar-refractivity contribution is 5.88. The third-order valence-electron chi connectivity index (χ3n) is 1.94. The van der Waals surface area contributed by atoms with E-state index < -0.39 is 0 Å². The van der Waals surface area contributed by atoms with Crippen LogP contribution in [0.2, 0.25) is 0 Å². The summed E-state index contributed by atoms with van der Waals surface area (Å²) < 4.78 is 0. The maximum absolute atomic E-state index is 4.19. The third-order valence-corrected chi connectivity index (χ3v) is 1.94. The van der Waals surface area contributed by atoms with Gasteiger partial charge in [-0.3, -0.25) is 5.10 Å². The molecule has 2 rings (SSSR count). The van der Waals surface area contributed by atoms with Crippen LogP contribution in [0.15, 0.2) is 6.33 Å². The average Bonchev–Trinajstić information content (AvgIpc) is 2.48. The van der Waals surface area contributed by atoms with E-state index in [1.807, 2.05) is 25.9 Å². The van der Waals surface area contributed by atoms with Gasteiger partial charge in [-0.25, -0.2) is 9.97 Å². The Morgan fingerprint density at radius 3 is 2.77 bits per heavy atom. The summed E-state index contributed by atoms with van der Waals surface area (Å²) >= 11 is 0. The molecule has 68 valence electrons. The van der Waals surface area contributed by atoms with Gasteiger partial charge in [-0.2, -0.15) is 5.10 Å². The summed E-state index contributed by atoms with van der Waals surface area (Å²) in [5.41, 5.74) is 1.72. The van der Waals surface area contributed by atoms with E-state index in [2.05, 4.69) is 20.2 Å². The van der Waals surface area contributed by atoms with E-state index in [1.54, 1.807) is 0 Å². The van der Waals surface area contributed by atoms with Gasteiger partial charge >= 0.3 is 0 Å². The molecule has 0 bridgehead atoms. The van der Waals surface area contributed by atoms with Crippen LogP contribution in [0.4, 0.5) is 5.82 Å². The molecule has 2 aromatic rings. The first-order chi connectivity index (χ1) is 6.20. The number of nitrogens with zero attached hydrogens (tertiary/aromatic N) is 4. The number of fused-ring (bicyclic) bond motifs is 1. The molecule has 0 aromatic carbocycles. The number of rotatable bonds is 1. The first kappa shape index (κ1) is 7.97. The second-order valence-electron chi connectivity index (χ2n) is 3.14. The Kier molecular flexibility index (Phi) is 1.65. The Hall–Kier alpha value is -1.65. The van der Waals surface area contributed by atoms with Crippen LogP contribution in [0, 0.1) is 6.92 Å². The highest BCUT2D eigenvalue weighted by atomic mass is 15.2. The Bertz CT molecular complexity index is 431. The van der Waals surface area contributed by atoms with Crippen LogP contribution in [0.3, 0.4) is 0 Å². The highest BCUT2D eigenvalue weighted by Crippen LogP contribution is 2.21. The monoisotopic (exact) mass is 177 g/mol. The molecule has 2 aromatic heterocycles. The van der Waals surface area contributed by atoms with Gasteiger partial charge in [-0.05, 0) is 6.92 Å². The summed E-state index contributed by atoms with van der Waals surface area (Å²) in [6, 6.07) is 0. The molecule has 0 atom stereocenters. The summed E-state index contributed by atoms with van der Waals surface area (Å²) in [4.78, 5) is 10.2. The molecule has 0 saturated heterocycles. The van der Waals surface area contributed by atoms with Crippen molar-refractivity contribution in [3.63, 3.8) is 0 Å². The van der Waals surface area contributed by atoms with Crippen LogP contribution in [0.1, 0.15) is 5.69 Å². The van der Waals surface area contributed by atoms with Crippen molar-refractivity contribution in [2.75, 3.05) is 19.0 Å². The number of aromatic amines is 1. The standard InChI is InChI=1S/C8H11N5/c1-5-6-7(12-11-5)9-4-10-8(6)13(2)3/h4H,1-3H3,(H,9,10,11,12). The summed E-state index contributed by atoms with van der Waals surface area (Å²) in [5, 5.41) is 7.94. The fraction of sp³-hybridized carbons (Fsp3) is 0.375. The van der Waals surface area contributed by atoms with Gasteiger partial charge in [0, 0.05) is 19.8 Å². The molecule has 2 heterocycles. The van der Waals surface area contributed by atoms with Crippen molar-refractivity contribution in [2.24, 2.45) is 0 Å². The lowest BCUT2D eigenvalue weighted by Gasteiger charge is -2.11. The van der Waals surface area contributed by atoms with Crippen LogP contribution in [0.5, 0.6) is 0 Å². The van der Waals surface area contributed by atoms with Gasteiger partial charge in [0.15, 0.2) is 5.65 Å².